The predicted molar refractivity (Wildman–Crippen MR) is 71.1 cm³/mol. The summed E-state index contributed by atoms with van der Waals surface area (Å²) in [5.74, 6) is 0.0381. The average molecular weight is 293 g/mol. The molecule has 1 fully saturated rings. The number of hydrogen-bond acceptors (Lipinski definition) is 1. The predicted octanol–water partition coefficient (Wildman–Crippen LogP) is 2.83. The number of carbonyl (C=O) groups is 1. The van der Waals surface area contributed by atoms with Gasteiger partial charge in [0.2, 0.25) is 0 Å². The molecule has 1 N–H and O–H groups in total. The van der Waals surface area contributed by atoms with Crippen molar-refractivity contribution in [2.24, 2.45) is 7.05 Å². The molecule has 1 aliphatic rings. The SMILES string of the molecule is Cn1cc(C(=O)NC2CC2)c2cc(Br)ccc21. The first-order valence-corrected chi connectivity index (χ1v) is 6.50. The molecule has 0 aliphatic heterocycles. The first kappa shape index (κ1) is 10.8. The molecule has 17 heavy (non-hydrogen) atoms. The smallest absolute Gasteiger partial charge is 0.253 e. The number of fused-ring (bicyclic) bond motifs is 1. The van der Waals surface area contributed by atoms with Crippen LogP contribution in [0.15, 0.2) is 28.9 Å². The van der Waals surface area contributed by atoms with E-state index in [-0.39, 0.29) is 5.91 Å². The molecule has 3 nitrogen and oxygen atoms in total. The van der Waals surface area contributed by atoms with Crippen LogP contribution in [-0.4, -0.2) is 16.5 Å². The van der Waals surface area contributed by atoms with Crippen LogP contribution in [-0.2, 0) is 7.05 Å². The number of amides is 1. The van der Waals surface area contributed by atoms with E-state index in [1.54, 1.807) is 0 Å². The van der Waals surface area contributed by atoms with E-state index in [1.807, 2.05) is 36.0 Å². The van der Waals surface area contributed by atoms with E-state index in [4.69, 9.17) is 0 Å². The largest absolute Gasteiger partial charge is 0.350 e. The van der Waals surface area contributed by atoms with E-state index >= 15 is 0 Å². The summed E-state index contributed by atoms with van der Waals surface area (Å²) in [5.41, 5.74) is 1.84. The molecule has 1 amide bonds. The lowest BCUT2D eigenvalue weighted by Crippen LogP contribution is -2.25. The quantitative estimate of drug-likeness (QED) is 0.907. The normalized spacial score (nSPS) is 15.2. The maximum absolute atomic E-state index is 12.1. The lowest BCUT2D eigenvalue weighted by Gasteiger charge is -2.01. The summed E-state index contributed by atoms with van der Waals surface area (Å²) < 4.78 is 2.99. The van der Waals surface area contributed by atoms with E-state index in [2.05, 4.69) is 21.2 Å². The molecule has 1 aromatic carbocycles. The highest BCUT2D eigenvalue weighted by atomic mass is 79.9. The molecule has 1 saturated carbocycles. The van der Waals surface area contributed by atoms with Gasteiger partial charge in [-0.25, -0.2) is 0 Å². The second-order valence-electron chi connectivity index (χ2n) is 4.56. The third kappa shape index (κ3) is 1.97. The third-order valence-corrected chi connectivity index (χ3v) is 3.60. The summed E-state index contributed by atoms with van der Waals surface area (Å²) in [5, 5.41) is 4.03. The van der Waals surface area contributed by atoms with Crippen LogP contribution in [0.5, 0.6) is 0 Å². The van der Waals surface area contributed by atoms with Gasteiger partial charge in [0.25, 0.3) is 5.91 Å². The maximum atomic E-state index is 12.1. The van der Waals surface area contributed by atoms with E-state index in [0.717, 1.165) is 33.8 Å². The van der Waals surface area contributed by atoms with Gasteiger partial charge in [0.05, 0.1) is 5.56 Å². The second kappa shape index (κ2) is 3.88. The van der Waals surface area contributed by atoms with Crippen molar-refractivity contribution in [3.05, 3.63) is 34.4 Å². The minimum absolute atomic E-state index is 0.0381. The first-order valence-electron chi connectivity index (χ1n) is 5.70. The van der Waals surface area contributed by atoms with E-state index in [0.29, 0.717) is 6.04 Å². The number of benzene rings is 1. The molecular weight excluding hydrogens is 280 g/mol. The molecule has 0 radical (unpaired) electrons. The first-order chi connectivity index (χ1) is 8.15. The van der Waals surface area contributed by atoms with E-state index < -0.39 is 0 Å². The Kier molecular flexibility index (Phi) is 2.47. The summed E-state index contributed by atoms with van der Waals surface area (Å²) in [6, 6.07) is 6.40. The Hall–Kier alpha value is -1.29. The molecule has 4 heteroatoms. The number of carbonyl (C=O) groups excluding carboxylic acids is 1. The van der Waals surface area contributed by atoms with Crippen molar-refractivity contribution in [3.63, 3.8) is 0 Å². The van der Waals surface area contributed by atoms with E-state index in [9.17, 15) is 4.79 Å². The lowest BCUT2D eigenvalue weighted by molar-refractivity contribution is 0.0952. The highest BCUT2D eigenvalue weighted by molar-refractivity contribution is 9.10. The number of aryl methyl sites for hydroxylation is 1. The number of nitrogens with one attached hydrogen (secondary N) is 1. The fraction of sp³-hybridized carbons (Fsp3) is 0.308. The molecule has 88 valence electrons. The Morgan fingerprint density at radius 2 is 2.24 bits per heavy atom. The van der Waals surface area contributed by atoms with Gasteiger partial charge in [0.1, 0.15) is 0 Å². The Morgan fingerprint density at radius 3 is 2.94 bits per heavy atom. The molecule has 0 unspecified atom stereocenters. The maximum Gasteiger partial charge on any atom is 0.253 e. The van der Waals surface area contributed by atoms with Crippen LogP contribution >= 0.6 is 15.9 Å². The van der Waals surface area contributed by atoms with Crippen LogP contribution in [0.1, 0.15) is 23.2 Å². The van der Waals surface area contributed by atoms with Crippen LogP contribution in [0.2, 0.25) is 0 Å². The van der Waals surface area contributed by atoms with Crippen molar-refractivity contribution in [3.8, 4) is 0 Å². The van der Waals surface area contributed by atoms with Gasteiger partial charge in [-0.15, -0.1) is 0 Å². The molecule has 0 saturated heterocycles. The number of nitrogens with zero attached hydrogens (tertiary/aromatic N) is 1. The molecule has 1 aromatic heterocycles. The molecule has 1 aliphatic carbocycles. The van der Waals surface area contributed by atoms with Crippen LogP contribution < -0.4 is 5.32 Å². The summed E-state index contributed by atoms with van der Waals surface area (Å²) in [6.45, 7) is 0. The van der Waals surface area contributed by atoms with Gasteiger partial charge in [0.15, 0.2) is 0 Å². The van der Waals surface area contributed by atoms with Crippen molar-refractivity contribution in [1.29, 1.82) is 0 Å². The van der Waals surface area contributed by atoms with Gasteiger partial charge >= 0.3 is 0 Å². The number of rotatable bonds is 2. The lowest BCUT2D eigenvalue weighted by atomic mass is 10.1. The molecule has 3 rings (SSSR count). The molecule has 0 bridgehead atoms. The zero-order valence-corrected chi connectivity index (χ0v) is 11.1. The van der Waals surface area contributed by atoms with Gasteiger partial charge in [-0.3, -0.25) is 4.79 Å². The Labute approximate surface area is 108 Å². The zero-order valence-electron chi connectivity index (χ0n) is 9.53. The summed E-state index contributed by atoms with van der Waals surface area (Å²) in [4.78, 5) is 12.1. The third-order valence-electron chi connectivity index (χ3n) is 3.11. The number of aromatic nitrogens is 1. The van der Waals surface area contributed by atoms with Gasteiger partial charge in [0, 0.05) is 34.7 Å². The fourth-order valence-electron chi connectivity index (χ4n) is 2.04. The van der Waals surface area contributed by atoms with Crippen LogP contribution in [0.25, 0.3) is 10.9 Å². The van der Waals surface area contributed by atoms with Gasteiger partial charge in [-0.2, -0.15) is 0 Å². The van der Waals surface area contributed by atoms with Crippen molar-refractivity contribution < 1.29 is 4.79 Å². The second-order valence-corrected chi connectivity index (χ2v) is 5.48. The van der Waals surface area contributed by atoms with Crippen molar-refractivity contribution in [1.82, 2.24) is 9.88 Å². The Bertz CT molecular complexity index is 599. The Balaban J connectivity index is 2.08. The Morgan fingerprint density at radius 1 is 1.47 bits per heavy atom. The molecule has 0 atom stereocenters. The van der Waals surface area contributed by atoms with Crippen molar-refractivity contribution >= 4 is 32.7 Å². The fourth-order valence-corrected chi connectivity index (χ4v) is 2.40. The summed E-state index contributed by atoms with van der Waals surface area (Å²) >= 11 is 3.45. The van der Waals surface area contributed by atoms with Gasteiger partial charge in [-0.1, -0.05) is 15.9 Å². The van der Waals surface area contributed by atoms with Crippen LogP contribution in [0.4, 0.5) is 0 Å². The summed E-state index contributed by atoms with van der Waals surface area (Å²) in [7, 11) is 1.96. The highest BCUT2D eigenvalue weighted by Gasteiger charge is 2.25. The zero-order chi connectivity index (χ0) is 12.0. The molecular formula is C13H13BrN2O. The topological polar surface area (TPSA) is 34.0 Å². The highest BCUT2D eigenvalue weighted by Crippen LogP contribution is 2.26. The van der Waals surface area contributed by atoms with Crippen molar-refractivity contribution in [2.45, 2.75) is 18.9 Å². The monoisotopic (exact) mass is 292 g/mol. The molecule has 0 spiro atoms. The minimum Gasteiger partial charge on any atom is -0.350 e. The minimum atomic E-state index is 0.0381. The standard InChI is InChI=1S/C13H13BrN2O/c1-16-7-11(13(17)15-9-3-4-9)10-6-8(14)2-5-12(10)16/h2,5-7,9H,3-4H2,1H3,(H,15,17). The van der Waals surface area contributed by atoms with Crippen LogP contribution in [0, 0.1) is 0 Å². The van der Waals surface area contributed by atoms with Gasteiger partial charge < -0.3 is 9.88 Å². The number of halogens is 1. The van der Waals surface area contributed by atoms with Crippen LogP contribution in [0.3, 0.4) is 0 Å². The average Bonchev–Trinajstić information content (AvgIpc) is 3.03. The molecule has 1 heterocycles. The number of hydrogen-bond donors (Lipinski definition) is 1. The summed E-state index contributed by atoms with van der Waals surface area (Å²) in [6.07, 6.45) is 4.12. The molecule has 2 aromatic rings. The van der Waals surface area contributed by atoms with Crippen molar-refractivity contribution in [2.75, 3.05) is 0 Å². The van der Waals surface area contributed by atoms with E-state index in [1.165, 1.54) is 0 Å². The van der Waals surface area contributed by atoms with Gasteiger partial charge in [-0.05, 0) is 31.0 Å².